The highest BCUT2D eigenvalue weighted by Crippen LogP contribution is 2.16. The summed E-state index contributed by atoms with van der Waals surface area (Å²) in [6.07, 6.45) is 0.727. The van der Waals surface area contributed by atoms with Gasteiger partial charge >= 0.3 is 0 Å². The molecule has 2 rings (SSSR count). The number of halogens is 1. The molecule has 2 amide bonds. The van der Waals surface area contributed by atoms with Crippen molar-refractivity contribution in [3.05, 3.63) is 59.9 Å². The summed E-state index contributed by atoms with van der Waals surface area (Å²) in [6.45, 7) is 1.04. The zero-order valence-electron chi connectivity index (χ0n) is 14.3. The highest BCUT2D eigenvalue weighted by atomic mass is 19.1. The molecule has 0 aromatic heterocycles. The molecule has 0 aliphatic heterocycles. The number of amides is 2. The van der Waals surface area contributed by atoms with Crippen LogP contribution in [0, 0.1) is 5.82 Å². The van der Waals surface area contributed by atoms with Crippen molar-refractivity contribution in [1.29, 1.82) is 0 Å². The minimum Gasteiger partial charge on any atom is -0.494 e. The number of carbonyl (C=O) groups is 2. The van der Waals surface area contributed by atoms with Crippen molar-refractivity contribution >= 4 is 17.5 Å². The first-order chi connectivity index (χ1) is 12.6. The van der Waals surface area contributed by atoms with E-state index < -0.39 is 0 Å². The summed E-state index contributed by atoms with van der Waals surface area (Å²) in [7, 11) is 0. The largest absolute Gasteiger partial charge is 0.494 e. The predicted octanol–water partition coefficient (Wildman–Crippen LogP) is 2.31. The number of para-hydroxylation sites is 1. The molecular formula is C19H22FN3O3. The van der Waals surface area contributed by atoms with E-state index in [4.69, 9.17) is 10.5 Å². The van der Waals surface area contributed by atoms with Crippen LogP contribution in [-0.4, -0.2) is 31.5 Å². The van der Waals surface area contributed by atoms with E-state index in [0.29, 0.717) is 43.1 Å². The van der Waals surface area contributed by atoms with Gasteiger partial charge in [0, 0.05) is 19.5 Å². The van der Waals surface area contributed by atoms with Gasteiger partial charge in [-0.1, -0.05) is 12.1 Å². The monoisotopic (exact) mass is 359 g/mol. The van der Waals surface area contributed by atoms with Gasteiger partial charge < -0.3 is 21.1 Å². The Morgan fingerprint density at radius 1 is 1.08 bits per heavy atom. The van der Waals surface area contributed by atoms with Crippen LogP contribution in [0.2, 0.25) is 0 Å². The van der Waals surface area contributed by atoms with E-state index in [1.165, 1.54) is 24.3 Å². The van der Waals surface area contributed by atoms with Gasteiger partial charge in [-0.2, -0.15) is 0 Å². The van der Waals surface area contributed by atoms with Gasteiger partial charge in [-0.3, -0.25) is 9.59 Å². The zero-order chi connectivity index (χ0) is 18.8. The van der Waals surface area contributed by atoms with Gasteiger partial charge in [-0.05, 0) is 42.8 Å². The second kappa shape index (κ2) is 10.1. The molecule has 7 heteroatoms. The van der Waals surface area contributed by atoms with E-state index in [0.717, 1.165) is 0 Å². The number of nitrogens with two attached hydrogens (primary N) is 1. The Morgan fingerprint density at radius 2 is 1.81 bits per heavy atom. The Morgan fingerprint density at radius 3 is 2.54 bits per heavy atom. The first-order valence-electron chi connectivity index (χ1n) is 8.35. The summed E-state index contributed by atoms with van der Waals surface area (Å²) < 4.78 is 18.2. The van der Waals surface area contributed by atoms with Crippen LogP contribution in [0.25, 0.3) is 0 Å². The molecule has 0 heterocycles. The maximum Gasteiger partial charge on any atom is 0.253 e. The first-order valence-corrected chi connectivity index (χ1v) is 8.35. The Balaban J connectivity index is 1.80. The van der Waals surface area contributed by atoms with Crippen LogP contribution in [0.15, 0.2) is 48.5 Å². The van der Waals surface area contributed by atoms with Crippen molar-refractivity contribution in [2.45, 2.75) is 12.8 Å². The molecule has 4 N–H and O–H groups in total. The highest BCUT2D eigenvalue weighted by Gasteiger charge is 2.12. The van der Waals surface area contributed by atoms with Crippen LogP contribution in [0.4, 0.5) is 10.1 Å². The molecule has 0 fully saturated rings. The lowest BCUT2D eigenvalue weighted by atomic mass is 10.1. The van der Waals surface area contributed by atoms with Crippen LogP contribution in [0.1, 0.15) is 23.2 Å². The van der Waals surface area contributed by atoms with E-state index in [9.17, 15) is 14.0 Å². The van der Waals surface area contributed by atoms with Crippen LogP contribution in [0.5, 0.6) is 5.75 Å². The Hall–Kier alpha value is -2.93. The Bertz CT molecular complexity index is 735. The average molecular weight is 359 g/mol. The minimum atomic E-state index is -0.328. The number of hydrogen-bond acceptors (Lipinski definition) is 4. The number of benzene rings is 2. The lowest BCUT2D eigenvalue weighted by Gasteiger charge is -2.11. The number of nitrogens with one attached hydrogen (secondary N) is 2. The fourth-order valence-electron chi connectivity index (χ4n) is 2.24. The van der Waals surface area contributed by atoms with Crippen LogP contribution >= 0.6 is 0 Å². The predicted molar refractivity (Wildman–Crippen MR) is 97.6 cm³/mol. The van der Waals surface area contributed by atoms with Gasteiger partial charge in [0.15, 0.2) is 0 Å². The van der Waals surface area contributed by atoms with Gasteiger partial charge in [-0.25, -0.2) is 4.39 Å². The van der Waals surface area contributed by atoms with Crippen molar-refractivity contribution in [2.75, 3.05) is 25.0 Å². The number of rotatable bonds is 9. The third kappa shape index (κ3) is 6.18. The third-order valence-corrected chi connectivity index (χ3v) is 3.51. The molecule has 0 unspecified atom stereocenters. The lowest BCUT2D eigenvalue weighted by molar-refractivity contribution is -0.116. The van der Waals surface area contributed by atoms with E-state index in [1.54, 1.807) is 24.3 Å². The molecular weight excluding hydrogens is 337 g/mol. The molecule has 138 valence electrons. The fraction of sp³-hybridized carbons (Fsp3) is 0.263. The number of hydrogen-bond donors (Lipinski definition) is 3. The molecule has 0 bridgehead atoms. The fourth-order valence-corrected chi connectivity index (χ4v) is 2.24. The van der Waals surface area contributed by atoms with Gasteiger partial charge in [0.25, 0.3) is 5.91 Å². The summed E-state index contributed by atoms with van der Waals surface area (Å²) in [4.78, 5) is 24.2. The quantitative estimate of drug-likeness (QED) is 0.599. The maximum absolute atomic E-state index is 12.8. The van der Waals surface area contributed by atoms with Crippen molar-refractivity contribution in [1.82, 2.24) is 5.32 Å². The first kappa shape index (κ1) is 19.4. The number of carbonyl (C=O) groups excluding carboxylic acids is 2. The van der Waals surface area contributed by atoms with E-state index in [2.05, 4.69) is 10.6 Å². The molecule has 0 aliphatic carbocycles. The lowest BCUT2D eigenvalue weighted by Crippen LogP contribution is -2.30. The molecule has 0 spiro atoms. The van der Waals surface area contributed by atoms with Crippen molar-refractivity contribution in [3.63, 3.8) is 0 Å². The summed E-state index contributed by atoms with van der Waals surface area (Å²) in [6, 6.07) is 12.5. The maximum atomic E-state index is 12.8. The second-order valence-corrected chi connectivity index (χ2v) is 5.54. The van der Waals surface area contributed by atoms with Crippen LogP contribution in [-0.2, 0) is 4.79 Å². The normalized spacial score (nSPS) is 10.2. The standard InChI is InChI=1S/C19H22FN3O3/c20-14-7-9-15(10-8-14)26-13-3-6-18(24)23-17-5-2-1-4-16(17)19(25)22-12-11-21/h1-2,4-5,7-10H,3,6,11-13,21H2,(H,22,25)(H,23,24). The van der Waals surface area contributed by atoms with E-state index in [-0.39, 0.29) is 24.1 Å². The molecule has 2 aromatic rings. The molecule has 0 saturated carbocycles. The molecule has 0 atom stereocenters. The van der Waals surface area contributed by atoms with Crippen molar-refractivity contribution in [2.24, 2.45) is 5.73 Å². The summed E-state index contributed by atoms with van der Waals surface area (Å²) in [5.74, 6) is -0.280. The van der Waals surface area contributed by atoms with Crippen LogP contribution < -0.4 is 21.1 Å². The molecule has 0 radical (unpaired) electrons. The molecule has 26 heavy (non-hydrogen) atoms. The van der Waals surface area contributed by atoms with E-state index >= 15 is 0 Å². The smallest absolute Gasteiger partial charge is 0.253 e. The minimum absolute atomic E-state index is 0.216. The second-order valence-electron chi connectivity index (χ2n) is 5.54. The average Bonchev–Trinajstić information content (AvgIpc) is 2.65. The van der Waals surface area contributed by atoms with Crippen molar-refractivity contribution < 1.29 is 18.7 Å². The van der Waals surface area contributed by atoms with Gasteiger partial charge in [0.05, 0.1) is 17.9 Å². The zero-order valence-corrected chi connectivity index (χ0v) is 14.3. The summed E-state index contributed by atoms with van der Waals surface area (Å²) >= 11 is 0. The molecule has 0 aliphatic rings. The molecule has 6 nitrogen and oxygen atoms in total. The Labute approximate surface area is 151 Å². The summed E-state index contributed by atoms with van der Waals surface area (Å²) in [5, 5.41) is 5.41. The van der Waals surface area contributed by atoms with Crippen molar-refractivity contribution in [3.8, 4) is 5.75 Å². The highest BCUT2D eigenvalue weighted by molar-refractivity contribution is 6.03. The SMILES string of the molecule is NCCNC(=O)c1ccccc1NC(=O)CCCOc1ccc(F)cc1. The molecule has 0 saturated heterocycles. The Kier molecular flexibility index (Phi) is 7.57. The molecule has 2 aromatic carbocycles. The topological polar surface area (TPSA) is 93.5 Å². The van der Waals surface area contributed by atoms with Gasteiger partial charge in [0.2, 0.25) is 5.91 Å². The van der Waals surface area contributed by atoms with Gasteiger partial charge in [-0.15, -0.1) is 0 Å². The number of ether oxygens (including phenoxy) is 1. The van der Waals surface area contributed by atoms with Gasteiger partial charge in [0.1, 0.15) is 11.6 Å². The van der Waals surface area contributed by atoms with Crippen LogP contribution in [0.3, 0.4) is 0 Å². The number of anilines is 1. The summed E-state index contributed by atoms with van der Waals surface area (Å²) in [5.41, 5.74) is 6.21. The third-order valence-electron chi connectivity index (χ3n) is 3.51. The van der Waals surface area contributed by atoms with E-state index in [1.807, 2.05) is 0 Å².